The maximum atomic E-state index is 11.9. The highest BCUT2D eigenvalue weighted by atomic mass is 16.2. The summed E-state index contributed by atoms with van der Waals surface area (Å²) in [4.78, 5) is 21.9. The zero-order chi connectivity index (χ0) is 12.8. The Kier molecular flexibility index (Phi) is 4.50. The molecule has 1 aromatic heterocycles. The van der Waals surface area contributed by atoms with Gasteiger partial charge in [0.1, 0.15) is 0 Å². The first-order valence-electron chi connectivity index (χ1n) is 6.53. The zero-order valence-electron chi connectivity index (χ0n) is 10.8. The van der Waals surface area contributed by atoms with Crippen molar-refractivity contribution in [2.24, 2.45) is 0 Å². The second kappa shape index (κ2) is 6.33. The molecule has 0 atom stereocenters. The van der Waals surface area contributed by atoms with Crippen molar-refractivity contribution in [2.45, 2.75) is 38.1 Å². The lowest BCUT2D eigenvalue weighted by Crippen LogP contribution is -2.42. The van der Waals surface area contributed by atoms with Crippen LogP contribution >= 0.6 is 0 Å². The van der Waals surface area contributed by atoms with Gasteiger partial charge in [-0.3, -0.25) is 4.79 Å². The van der Waals surface area contributed by atoms with E-state index in [1.807, 2.05) is 7.05 Å². The van der Waals surface area contributed by atoms with Gasteiger partial charge in [0.25, 0.3) is 0 Å². The van der Waals surface area contributed by atoms with E-state index in [0.29, 0.717) is 18.5 Å². The van der Waals surface area contributed by atoms with Gasteiger partial charge >= 0.3 is 0 Å². The van der Waals surface area contributed by atoms with Gasteiger partial charge in [0.05, 0.1) is 6.54 Å². The van der Waals surface area contributed by atoms with Crippen molar-refractivity contribution >= 4 is 11.9 Å². The van der Waals surface area contributed by atoms with Gasteiger partial charge in [-0.25, -0.2) is 9.97 Å². The average molecular weight is 248 g/mol. The number of nitrogens with one attached hydrogen (secondary N) is 1. The molecule has 18 heavy (non-hydrogen) atoms. The van der Waals surface area contributed by atoms with Crippen LogP contribution in [0.3, 0.4) is 0 Å². The zero-order valence-corrected chi connectivity index (χ0v) is 10.8. The third-order valence-electron chi connectivity index (χ3n) is 3.24. The molecule has 1 N–H and O–H groups in total. The number of hydrogen-bond donors (Lipinski definition) is 1. The number of nitrogens with zero attached hydrogens (tertiary/aromatic N) is 3. The molecule has 1 amide bonds. The van der Waals surface area contributed by atoms with Crippen molar-refractivity contribution in [3.63, 3.8) is 0 Å². The van der Waals surface area contributed by atoms with E-state index >= 15 is 0 Å². The summed E-state index contributed by atoms with van der Waals surface area (Å²) >= 11 is 0. The van der Waals surface area contributed by atoms with Crippen LogP contribution in [0.25, 0.3) is 0 Å². The Morgan fingerprint density at radius 3 is 2.67 bits per heavy atom. The summed E-state index contributed by atoms with van der Waals surface area (Å²) in [5.41, 5.74) is 0. The van der Waals surface area contributed by atoms with E-state index in [1.54, 1.807) is 23.4 Å². The molecule has 0 aromatic carbocycles. The fraction of sp³-hybridized carbons (Fsp3) is 0.615. The fourth-order valence-corrected chi connectivity index (χ4v) is 2.29. The third kappa shape index (κ3) is 3.68. The maximum Gasteiger partial charge on any atom is 0.239 e. The van der Waals surface area contributed by atoms with Crippen LogP contribution in [0.4, 0.5) is 5.95 Å². The van der Waals surface area contributed by atoms with Crippen molar-refractivity contribution in [3.8, 4) is 0 Å². The molecule has 98 valence electrons. The van der Waals surface area contributed by atoms with Crippen molar-refractivity contribution in [2.75, 3.05) is 18.5 Å². The summed E-state index contributed by atoms with van der Waals surface area (Å²) in [5, 5.41) is 3.08. The second-order valence-electron chi connectivity index (χ2n) is 4.81. The SMILES string of the molecule is CN(CC(=O)NC1CCCCC1)c1ncccn1. The van der Waals surface area contributed by atoms with Crippen LogP contribution in [0.15, 0.2) is 18.5 Å². The Hall–Kier alpha value is -1.65. The molecule has 0 aliphatic heterocycles. The molecule has 0 spiro atoms. The average Bonchev–Trinajstić information content (AvgIpc) is 2.40. The second-order valence-corrected chi connectivity index (χ2v) is 4.81. The van der Waals surface area contributed by atoms with Gasteiger partial charge in [-0.1, -0.05) is 19.3 Å². The first kappa shape index (κ1) is 12.8. The highest BCUT2D eigenvalue weighted by Crippen LogP contribution is 2.17. The van der Waals surface area contributed by atoms with Crippen molar-refractivity contribution < 1.29 is 4.79 Å². The van der Waals surface area contributed by atoms with Crippen LogP contribution in [0, 0.1) is 0 Å². The lowest BCUT2D eigenvalue weighted by molar-refractivity contribution is -0.120. The molecular formula is C13H20N4O. The van der Waals surface area contributed by atoms with Crippen LogP contribution in [0.2, 0.25) is 0 Å². The Morgan fingerprint density at radius 2 is 2.00 bits per heavy atom. The molecular weight excluding hydrogens is 228 g/mol. The fourth-order valence-electron chi connectivity index (χ4n) is 2.29. The van der Waals surface area contributed by atoms with Crippen LogP contribution in [-0.4, -0.2) is 35.5 Å². The Balaban J connectivity index is 1.80. The molecule has 1 heterocycles. The molecule has 5 heteroatoms. The van der Waals surface area contributed by atoms with Gasteiger partial charge in [-0.2, -0.15) is 0 Å². The Bertz CT molecular complexity index is 376. The summed E-state index contributed by atoms with van der Waals surface area (Å²) in [6.45, 7) is 0.306. The lowest BCUT2D eigenvalue weighted by atomic mass is 9.95. The van der Waals surface area contributed by atoms with Gasteiger partial charge in [-0.05, 0) is 18.9 Å². The van der Waals surface area contributed by atoms with Crippen molar-refractivity contribution in [3.05, 3.63) is 18.5 Å². The first-order chi connectivity index (χ1) is 8.75. The van der Waals surface area contributed by atoms with Crippen LogP contribution < -0.4 is 10.2 Å². The van der Waals surface area contributed by atoms with E-state index in [4.69, 9.17) is 0 Å². The molecule has 2 rings (SSSR count). The van der Waals surface area contributed by atoms with Gasteiger partial charge in [-0.15, -0.1) is 0 Å². The highest BCUT2D eigenvalue weighted by molar-refractivity contribution is 5.80. The van der Waals surface area contributed by atoms with Crippen LogP contribution in [0.5, 0.6) is 0 Å². The molecule has 0 bridgehead atoms. The Morgan fingerprint density at radius 1 is 1.33 bits per heavy atom. The Labute approximate surface area is 108 Å². The molecule has 5 nitrogen and oxygen atoms in total. The normalized spacial score (nSPS) is 16.3. The van der Waals surface area contributed by atoms with E-state index in [0.717, 1.165) is 12.8 Å². The molecule has 0 unspecified atom stereocenters. The molecule has 1 fully saturated rings. The monoisotopic (exact) mass is 248 g/mol. The number of carbonyl (C=O) groups is 1. The number of aromatic nitrogens is 2. The number of likely N-dealkylation sites (N-methyl/N-ethyl adjacent to an activating group) is 1. The summed E-state index contributed by atoms with van der Waals surface area (Å²) in [5.74, 6) is 0.633. The molecule has 1 aliphatic rings. The standard InChI is InChI=1S/C13H20N4O/c1-17(13-14-8-5-9-15-13)10-12(18)16-11-6-3-2-4-7-11/h5,8-9,11H,2-4,6-7,10H2,1H3,(H,16,18). The van der Waals surface area contributed by atoms with E-state index in [-0.39, 0.29) is 5.91 Å². The summed E-state index contributed by atoms with van der Waals surface area (Å²) in [6.07, 6.45) is 9.32. The quantitative estimate of drug-likeness (QED) is 0.874. The highest BCUT2D eigenvalue weighted by Gasteiger charge is 2.17. The van der Waals surface area contributed by atoms with Gasteiger partial charge in [0, 0.05) is 25.5 Å². The van der Waals surface area contributed by atoms with Gasteiger partial charge in [0.15, 0.2) is 0 Å². The van der Waals surface area contributed by atoms with Crippen LogP contribution in [0.1, 0.15) is 32.1 Å². The summed E-state index contributed by atoms with van der Waals surface area (Å²) in [6, 6.07) is 2.12. The van der Waals surface area contributed by atoms with Gasteiger partial charge < -0.3 is 10.2 Å². The lowest BCUT2D eigenvalue weighted by Gasteiger charge is -2.24. The number of anilines is 1. The third-order valence-corrected chi connectivity index (χ3v) is 3.24. The summed E-state index contributed by atoms with van der Waals surface area (Å²) in [7, 11) is 1.83. The number of hydrogen-bond acceptors (Lipinski definition) is 4. The molecule has 1 aromatic rings. The molecule has 1 aliphatic carbocycles. The molecule has 0 radical (unpaired) electrons. The van der Waals surface area contributed by atoms with Crippen molar-refractivity contribution in [1.29, 1.82) is 0 Å². The maximum absolute atomic E-state index is 11.9. The molecule has 1 saturated carbocycles. The smallest absolute Gasteiger partial charge is 0.239 e. The topological polar surface area (TPSA) is 58.1 Å². The first-order valence-corrected chi connectivity index (χ1v) is 6.53. The van der Waals surface area contributed by atoms with Crippen LogP contribution in [-0.2, 0) is 4.79 Å². The number of rotatable bonds is 4. The largest absolute Gasteiger partial charge is 0.352 e. The van der Waals surface area contributed by atoms with E-state index in [9.17, 15) is 4.79 Å². The minimum atomic E-state index is 0.0526. The predicted octanol–water partition coefficient (Wildman–Crippen LogP) is 1.36. The number of amides is 1. The minimum absolute atomic E-state index is 0.0526. The van der Waals surface area contributed by atoms with Gasteiger partial charge in [0.2, 0.25) is 11.9 Å². The van der Waals surface area contributed by atoms with E-state index < -0.39 is 0 Å². The van der Waals surface area contributed by atoms with Crippen molar-refractivity contribution in [1.82, 2.24) is 15.3 Å². The van der Waals surface area contributed by atoms with E-state index in [1.165, 1.54) is 19.3 Å². The number of carbonyl (C=O) groups excluding carboxylic acids is 1. The summed E-state index contributed by atoms with van der Waals surface area (Å²) < 4.78 is 0. The predicted molar refractivity (Wildman–Crippen MR) is 70.3 cm³/mol. The molecule has 0 saturated heterocycles. The minimum Gasteiger partial charge on any atom is -0.352 e. The van der Waals surface area contributed by atoms with E-state index in [2.05, 4.69) is 15.3 Å².